The molecule has 4 nitrogen and oxygen atoms in total. The van der Waals surface area contributed by atoms with E-state index in [1.807, 2.05) is 16.3 Å². The second kappa shape index (κ2) is 7.44. The lowest BCUT2D eigenvalue weighted by Gasteiger charge is -2.20. The average Bonchev–Trinajstić information content (AvgIpc) is 2.80. The normalized spacial score (nSPS) is 16.4. The first kappa shape index (κ1) is 15.0. The monoisotopic (exact) mass is 292 g/mol. The Morgan fingerprint density at radius 1 is 1.40 bits per heavy atom. The van der Waals surface area contributed by atoms with Gasteiger partial charge in [0.05, 0.1) is 6.61 Å². The van der Waals surface area contributed by atoms with Crippen molar-refractivity contribution in [2.75, 3.05) is 39.8 Å². The van der Waals surface area contributed by atoms with Gasteiger partial charge in [-0.1, -0.05) is 11.8 Å². The molecule has 0 aromatic carbocycles. The van der Waals surface area contributed by atoms with Gasteiger partial charge in [-0.2, -0.15) is 0 Å². The van der Waals surface area contributed by atoms with Crippen LogP contribution >= 0.6 is 11.3 Å². The van der Waals surface area contributed by atoms with Crippen LogP contribution in [0.25, 0.3) is 0 Å². The molecule has 0 radical (unpaired) electrons. The molecule has 0 aliphatic carbocycles. The van der Waals surface area contributed by atoms with E-state index in [0.717, 1.165) is 43.0 Å². The molecule has 1 N–H and O–H groups in total. The highest BCUT2D eigenvalue weighted by Gasteiger charge is 2.21. The van der Waals surface area contributed by atoms with Crippen molar-refractivity contribution in [1.82, 2.24) is 9.80 Å². The van der Waals surface area contributed by atoms with Gasteiger partial charge in [-0.15, -0.1) is 11.3 Å². The van der Waals surface area contributed by atoms with Crippen molar-refractivity contribution >= 4 is 17.2 Å². The van der Waals surface area contributed by atoms with E-state index in [0.29, 0.717) is 6.42 Å². The van der Waals surface area contributed by atoms with Crippen LogP contribution in [0.3, 0.4) is 0 Å². The summed E-state index contributed by atoms with van der Waals surface area (Å²) in [6, 6.07) is 1.88. The van der Waals surface area contributed by atoms with Crippen molar-refractivity contribution in [1.29, 1.82) is 0 Å². The van der Waals surface area contributed by atoms with E-state index in [4.69, 9.17) is 5.11 Å². The van der Waals surface area contributed by atoms with Gasteiger partial charge in [0, 0.05) is 31.6 Å². The lowest BCUT2D eigenvalue weighted by molar-refractivity contribution is 0.0767. The van der Waals surface area contributed by atoms with Crippen LogP contribution in [0.4, 0.5) is 0 Å². The molecule has 1 aliphatic heterocycles. The predicted octanol–water partition coefficient (Wildman–Crippen LogP) is 1.26. The first-order chi connectivity index (χ1) is 9.72. The van der Waals surface area contributed by atoms with Crippen molar-refractivity contribution in [3.05, 3.63) is 21.9 Å². The summed E-state index contributed by atoms with van der Waals surface area (Å²) in [5.74, 6) is 5.95. The van der Waals surface area contributed by atoms with Crippen molar-refractivity contribution in [3.8, 4) is 11.8 Å². The molecule has 0 atom stereocenters. The van der Waals surface area contributed by atoms with Gasteiger partial charge in [-0.05, 0) is 31.5 Å². The Bertz CT molecular complexity index is 515. The molecular weight excluding hydrogens is 272 g/mol. The topological polar surface area (TPSA) is 43.8 Å². The maximum absolute atomic E-state index is 12.6. The largest absolute Gasteiger partial charge is 0.395 e. The van der Waals surface area contributed by atoms with Gasteiger partial charge in [-0.3, -0.25) is 4.79 Å². The number of hydrogen-bond acceptors (Lipinski definition) is 4. The van der Waals surface area contributed by atoms with Gasteiger partial charge in [0.2, 0.25) is 0 Å². The van der Waals surface area contributed by atoms with E-state index in [-0.39, 0.29) is 12.5 Å². The summed E-state index contributed by atoms with van der Waals surface area (Å²) in [6.45, 7) is 3.60. The Hall–Kier alpha value is -1.35. The minimum Gasteiger partial charge on any atom is -0.395 e. The Morgan fingerprint density at radius 2 is 2.25 bits per heavy atom. The van der Waals surface area contributed by atoms with Crippen LogP contribution in [-0.2, 0) is 0 Å². The fourth-order valence-corrected chi connectivity index (χ4v) is 3.00. The molecule has 20 heavy (non-hydrogen) atoms. The van der Waals surface area contributed by atoms with E-state index < -0.39 is 0 Å². The molecule has 2 rings (SSSR count). The van der Waals surface area contributed by atoms with Crippen LogP contribution in [0.2, 0.25) is 0 Å². The molecule has 2 heterocycles. The molecule has 108 valence electrons. The van der Waals surface area contributed by atoms with E-state index in [9.17, 15) is 4.79 Å². The van der Waals surface area contributed by atoms with Crippen molar-refractivity contribution in [2.45, 2.75) is 12.8 Å². The Labute approximate surface area is 124 Å². The quantitative estimate of drug-likeness (QED) is 0.835. The summed E-state index contributed by atoms with van der Waals surface area (Å²) in [5, 5.41) is 10.7. The Balaban J connectivity index is 2.09. The summed E-state index contributed by atoms with van der Waals surface area (Å²) in [6.07, 6.45) is 1.46. The molecule has 1 saturated heterocycles. The van der Waals surface area contributed by atoms with Gasteiger partial charge >= 0.3 is 0 Å². The van der Waals surface area contributed by atoms with Crippen molar-refractivity contribution < 1.29 is 9.90 Å². The average molecular weight is 292 g/mol. The standard InChI is InChI=1S/C15H20N2O2S/c1-16-7-4-8-17(10-9-16)15(19)14-13(6-12-20-14)5-2-3-11-18/h6,12,18H,3-4,7-11H2,1H3. The third kappa shape index (κ3) is 3.83. The molecule has 0 saturated carbocycles. The fourth-order valence-electron chi connectivity index (χ4n) is 2.18. The number of carbonyl (C=O) groups excluding carboxylic acids is 1. The number of rotatable bonds is 2. The summed E-state index contributed by atoms with van der Waals surface area (Å²) in [5.41, 5.74) is 0.783. The minimum absolute atomic E-state index is 0.0544. The van der Waals surface area contributed by atoms with E-state index in [2.05, 4.69) is 23.8 Å². The number of likely N-dealkylation sites (N-methyl/N-ethyl adjacent to an activating group) is 1. The highest BCUT2D eigenvalue weighted by atomic mass is 32.1. The molecule has 1 aliphatic rings. The maximum atomic E-state index is 12.6. The van der Waals surface area contributed by atoms with Gasteiger partial charge < -0.3 is 14.9 Å². The Kier molecular flexibility index (Phi) is 5.60. The second-order valence-corrected chi connectivity index (χ2v) is 5.80. The van der Waals surface area contributed by atoms with E-state index in [1.54, 1.807) is 0 Å². The molecule has 5 heteroatoms. The lowest BCUT2D eigenvalue weighted by atomic mass is 10.2. The van der Waals surface area contributed by atoms with Crippen LogP contribution in [0.5, 0.6) is 0 Å². The van der Waals surface area contributed by atoms with Crippen LogP contribution < -0.4 is 0 Å². The molecule has 0 unspecified atom stereocenters. The van der Waals surface area contributed by atoms with Gasteiger partial charge in [-0.25, -0.2) is 0 Å². The number of hydrogen-bond donors (Lipinski definition) is 1. The number of carbonyl (C=O) groups is 1. The molecule has 0 bridgehead atoms. The lowest BCUT2D eigenvalue weighted by Crippen LogP contribution is -2.34. The SMILES string of the molecule is CN1CCCN(C(=O)c2sccc2C#CCCO)CC1. The molecule has 1 fully saturated rings. The molecule has 0 spiro atoms. The summed E-state index contributed by atoms with van der Waals surface area (Å²) in [4.78, 5) is 17.5. The van der Waals surface area contributed by atoms with Crippen LogP contribution in [0, 0.1) is 11.8 Å². The molecule has 1 aromatic heterocycles. The fraction of sp³-hybridized carbons (Fsp3) is 0.533. The zero-order valence-electron chi connectivity index (χ0n) is 11.8. The minimum atomic E-state index is 0.0544. The zero-order valence-corrected chi connectivity index (χ0v) is 12.6. The number of nitrogens with zero attached hydrogens (tertiary/aromatic N) is 2. The molecular formula is C15H20N2O2S. The summed E-state index contributed by atoms with van der Waals surface area (Å²) in [7, 11) is 2.09. The van der Waals surface area contributed by atoms with E-state index >= 15 is 0 Å². The number of thiophene rings is 1. The van der Waals surface area contributed by atoms with Crippen LogP contribution in [-0.4, -0.2) is 60.6 Å². The molecule has 1 amide bonds. The maximum Gasteiger partial charge on any atom is 0.265 e. The van der Waals surface area contributed by atoms with E-state index in [1.165, 1.54) is 11.3 Å². The van der Waals surface area contributed by atoms with Crippen molar-refractivity contribution in [3.63, 3.8) is 0 Å². The zero-order chi connectivity index (χ0) is 14.4. The molecule has 1 aromatic rings. The Morgan fingerprint density at radius 3 is 3.05 bits per heavy atom. The number of aliphatic hydroxyl groups excluding tert-OH is 1. The van der Waals surface area contributed by atoms with Crippen LogP contribution in [0.1, 0.15) is 28.1 Å². The van der Waals surface area contributed by atoms with Crippen LogP contribution in [0.15, 0.2) is 11.4 Å². The first-order valence-corrected chi connectivity index (χ1v) is 7.75. The highest BCUT2D eigenvalue weighted by molar-refractivity contribution is 7.12. The summed E-state index contributed by atoms with van der Waals surface area (Å²) < 4.78 is 0. The number of amides is 1. The van der Waals surface area contributed by atoms with Gasteiger partial charge in [0.15, 0.2) is 0 Å². The van der Waals surface area contributed by atoms with Gasteiger partial charge in [0.1, 0.15) is 4.88 Å². The third-order valence-corrected chi connectivity index (χ3v) is 4.23. The highest BCUT2D eigenvalue weighted by Crippen LogP contribution is 2.19. The summed E-state index contributed by atoms with van der Waals surface area (Å²) >= 11 is 1.45. The first-order valence-electron chi connectivity index (χ1n) is 6.87. The predicted molar refractivity (Wildman–Crippen MR) is 80.9 cm³/mol. The smallest absolute Gasteiger partial charge is 0.265 e. The third-order valence-electron chi connectivity index (χ3n) is 3.33. The van der Waals surface area contributed by atoms with Gasteiger partial charge in [0.25, 0.3) is 5.91 Å². The number of aliphatic hydroxyl groups is 1. The van der Waals surface area contributed by atoms with Crippen molar-refractivity contribution in [2.24, 2.45) is 0 Å². The second-order valence-electron chi connectivity index (χ2n) is 4.89.